The smallest absolute Gasteiger partial charge is 0.244 e. The maximum absolute atomic E-state index is 13.8. The molecule has 2 N–H and O–H groups in total. The molecule has 2 amide bonds. The Kier molecular flexibility index (Phi) is 8.97. The quantitative estimate of drug-likeness (QED) is 0.699. The molecule has 0 bridgehead atoms. The van der Waals surface area contributed by atoms with E-state index >= 15 is 0 Å². The van der Waals surface area contributed by atoms with E-state index in [0.717, 1.165) is 51.0 Å². The van der Waals surface area contributed by atoms with E-state index in [2.05, 4.69) is 0 Å². The van der Waals surface area contributed by atoms with E-state index in [-0.39, 0.29) is 48.5 Å². The van der Waals surface area contributed by atoms with Gasteiger partial charge in [-0.1, -0.05) is 19.3 Å². The lowest BCUT2D eigenvalue weighted by molar-refractivity contribution is -0.171. The van der Waals surface area contributed by atoms with E-state index in [1.807, 2.05) is 0 Å². The largest absolute Gasteiger partial charge is 0.327 e. The van der Waals surface area contributed by atoms with Crippen LogP contribution in [0.1, 0.15) is 56.9 Å². The number of halogens is 4. The zero-order chi connectivity index (χ0) is 21.0. The number of hydrogen-bond acceptors (Lipinski definition) is 3. The van der Waals surface area contributed by atoms with E-state index in [1.54, 1.807) is 5.01 Å². The number of rotatable bonds is 5. The van der Waals surface area contributed by atoms with Crippen LogP contribution < -0.4 is 5.73 Å². The van der Waals surface area contributed by atoms with Crippen LogP contribution in [0.25, 0.3) is 0 Å². The fourth-order valence-electron chi connectivity index (χ4n) is 4.22. The molecule has 0 aromatic heterocycles. The number of nitrogens with two attached hydrogens (primary N) is 1. The number of hydrogen-bond donors (Lipinski definition) is 1. The van der Waals surface area contributed by atoms with Gasteiger partial charge < -0.3 is 5.73 Å². The summed E-state index contributed by atoms with van der Waals surface area (Å²) in [6.45, 7) is 0.956. The summed E-state index contributed by atoms with van der Waals surface area (Å²) < 4.78 is 40.3. The number of carbonyl (C=O) groups is 2. The van der Waals surface area contributed by atoms with Crippen molar-refractivity contribution in [3.05, 3.63) is 35.1 Å². The third-order valence-electron chi connectivity index (χ3n) is 5.79. The van der Waals surface area contributed by atoms with Gasteiger partial charge in [-0.25, -0.2) is 13.2 Å². The van der Waals surface area contributed by atoms with Gasteiger partial charge in [-0.05, 0) is 43.7 Å². The molecule has 30 heavy (non-hydrogen) atoms. The Labute approximate surface area is 181 Å². The average Bonchev–Trinajstić information content (AvgIpc) is 2.72. The van der Waals surface area contributed by atoms with Crippen LogP contribution in [0.15, 0.2) is 12.1 Å². The zero-order valence-corrected chi connectivity index (χ0v) is 17.7. The van der Waals surface area contributed by atoms with Crippen molar-refractivity contribution in [1.29, 1.82) is 0 Å². The molecular weight excluding hydrogens is 419 g/mol. The summed E-state index contributed by atoms with van der Waals surface area (Å²) in [5, 5.41) is 3.04. The molecule has 9 heteroatoms. The number of amides is 2. The van der Waals surface area contributed by atoms with Gasteiger partial charge in [0.2, 0.25) is 11.8 Å². The lowest BCUT2D eigenvalue weighted by Crippen LogP contribution is -2.55. The normalized spacial score (nSPS) is 18.7. The number of hydrazine groups is 1. The Hall–Kier alpha value is -1.80. The molecule has 1 saturated heterocycles. The molecule has 168 valence electrons. The molecular formula is C21H29ClF3N3O2. The highest BCUT2D eigenvalue weighted by Crippen LogP contribution is 2.27. The Morgan fingerprint density at radius 2 is 1.53 bits per heavy atom. The summed E-state index contributed by atoms with van der Waals surface area (Å²) >= 11 is 0. The summed E-state index contributed by atoms with van der Waals surface area (Å²) in [6.07, 6.45) is 6.35. The Morgan fingerprint density at radius 3 is 2.20 bits per heavy atom. The number of carbonyl (C=O) groups excluding carboxylic acids is 2. The van der Waals surface area contributed by atoms with Crippen LogP contribution in [0.2, 0.25) is 0 Å². The van der Waals surface area contributed by atoms with Crippen LogP contribution in [0.3, 0.4) is 0 Å². The molecule has 5 nitrogen and oxygen atoms in total. The van der Waals surface area contributed by atoms with Crippen molar-refractivity contribution in [3.8, 4) is 0 Å². The lowest BCUT2D eigenvalue weighted by atomic mass is 9.88. The first-order valence-corrected chi connectivity index (χ1v) is 10.4. The molecule has 2 fully saturated rings. The molecule has 1 aromatic rings. The minimum absolute atomic E-state index is 0. The zero-order valence-electron chi connectivity index (χ0n) is 16.9. The van der Waals surface area contributed by atoms with Gasteiger partial charge in [0.25, 0.3) is 0 Å². The van der Waals surface area contributed by atoms with Crippen molar-refractivity contribution >= 4 is 24.2 Å². The fraction of sp³-hybridized carbons (Fsp3) is 0.619. The molecule has 3 rings (SSSR count). The average molecular weight is 448 g/mol. The predicted octanol–water partition coefficient (Wildman–Crippen LogP) is 3.73. The first-order chi connectivity index (χ1) is 13.9. The van der Waals surface area contributed by atoms with Gasteiger partial charge in [-0.2, -0.15) is 0 Å². The first kappa shape index (κ1) is 24.5. The Bertz CT molecular complexity index is 759. The minimum atomic E-state index is -1.26. The van der Waals surface area contributed by atoms with Gasteiger partial charge in [-0.15, -0.1) is 12.4 Å². The van der Waals surface area contributed by atoms with Crippen LogP contribution >= 0.6 is 12.4 Å². The molecule has 1 saturated carbocycles. The van der Waals surface area contributed by atoms with Crippen LogP contribution in [-0.4, -0.2) is 41.0 Å². The number of nitrogens with zero attached hydrogens (tertiary/aromatic N) is 2. The molecule has 1 atom stereocenters. The summed E-state index contributed by atoms with van der Waals surface area (Å²) in [7, 11) is 0. The molecule has 2 aliphatic rings. The van der Waals surface area contributed by atoms with E-state index in [9.17, 15) is 22.8 Å². The molecule has 0 unspecified atom stereocenters. The molecule has 1 aromatic carbocycles. The van der Waals surface area contributed by atoms with Crippen LogP contribution in [-0.2, 0) is 16.0 Å². The minimum Gasteiger partial charge on any atom is -0.327 e. The van der Waals surface area contributed by atoms with Gasteiger partial charge >= 0.3 is 0 Å². The second-order valence-corrected chi connectivity index (χ2v) is 8.05. The molecule has 0 radical (unpaired) electrons. The van der Waals surface area contributed by atoms with Crippen molar-refractivity contribution < 1.29 is 22.8 Å². The Morgan fingerprint density at radius 1 is 0.933 bits per heavy atom. The van der Waals surface area contributed by atoms with Crippen molar-refractivity contribution in [2.75, 3.05) is 13.1 Å². The van der Waals surface area contributed by atoms with Crippen LogP contribution in [0.5, 0.6) is 0 Å². The second kappa shape index (κ2) is 11.0. The standard InChI is InChI=1S/C21H28F3N3O2.ClH/c22-17-13-19(24)18(23)11-15(17)10-16(25)12-20(28)26-8-4-5-9-27(26)21(29)14-6-2-1-3-7-14;/h11,13-14,16H,1-10,12,25H2;1H/t16-;/m1./s1. The topological polar surface area (TPSA) is 66.6 Å². The van der Waals surface area contributed by atoms with E-state index in [0.29, 0.717) is 19.2 Å². The monoisotopic (exact) mass is 447 g/mol. The molecule has 1 aliphatic heterocycles. The predicted molar refractivity (Wildman–Crippen MR) is 109 cm³/mol. The summed E-state index contributed by atoms with van der Waals surface area (Å²) in [5.41, 5.74) is 5.93. The maximum atomic E-state index is 13.8. The first-order valence-electron chi connectivity index (χ1n) is 10.4. The highest BCUT2D eigenvalue weighted by atomic mass is 35.5. The highest BCUT2D eigenvalue weighted by molar-refractivity contribution is 5.85. The van der Waals surface area contributed by atoms with Gasteiger partial charge in [0.05, 0.1) is 0 Å². The molecule has 0 spiro atoms. The SMILES string of the molecule is Cl.N[C@@H](CC(=O)N1CCCCN1C(=O)C1CCCCC1)Cc1cc(F)c(F)cc1F. The van der Waals surface area contributed by atoms with E-state index in [1.165, 1.54) is 5.01 Å². The van der Waals surface area contributed by atoms with E-state index in [4.69, 9.17) is 5.73 Å². The maximum Gasteiger partial charge on any atom is 0.244 e. The van der Waals surface area contributed by atoms with Gasteiger partial charge in [-0.3, -0.25) is 19.6 Å². The number of benzene rings is 1. The third kappa shape index (κ3) is 5.88. The molecule has 1 aliphatic carbocycles. The van der Waals surface area contributed by atoms with Gasteiger partial charge in [0.1, 0.15) is 5.82 Å². The van der Waals surface area contributed by atoms with Gasteiger partial charge in [0.15, 0.2) is 11.6 Å². The highest BCUT2D eigenvalue weighted by Gasteiger charge is 2.34. The Balaban J connectivity index is 0.00000320. The van der Waals surface area contributed by atoms with Gasteiger partial charge in [0, 0.05) is 37.5 Å². The summed E-state index contributed by atoms with van der Waals surface area (Å²) in [5.74, 6) is -3.65. The van der Waals surface area contributed by atoms with Crippen LogP contribution in [0, 0.1) is 23.4 Å². The van der Waals surface area contributed by atoms with E-state index < -0.39 is 23.5 Å². The van der Waals surface area contributed by atoms with Crippen molar-refractivity contribution in [3.63, 3.8) is 0 Å². The van der Waals surface area contributed by atoms with Crippen LogP contribution in [0.4, 0.5) is 13.2 Å². The third-order valence-corrected chi connectivity index (χ3v) is 5.79. The summed E-state index contributed by atoms with van der Waals surface area (Å²) in [4.78, 5) is 25.8. The second-order valence-electron chi connectivity index (χ2n) is 8.05. The lowest BCUT2D eigenvalue weighted by Gasteiger charge is -2.41. The summed E-state index contributed by atoms with van der Waals surface area (Å²) in [6, 6.07) is 0.485. The van der Waals surface area contributed by atoms with Crippen molar-refractivity contribution in [1.82, 2.24) is 10.0 Å². The van der Waals surface area contributed by atoms with Crippen molar-refractivity contribution in [2.24, 2.45) is 11.7 Å². The van der Waals surface area contributed by atoms with Crippen molar-refractivity contribution in [2.45, 2.75) is 63.8 Å². The fourth-order valence-corrected chi connectivity index (χ4v) is 4.22. The molecule has 1 heterocycles.